The number of carbonyl (C=O) groups is 2. The predicted octanol–water partition coefficient (Wildman–Crippen LogP) is 2.62. The van der Waals surface area contributed by atoms with Gasteiger partial charge in [0.25, 0.3) is 11.5 Å². The van der Waals surface area contributed by atoms with Crippen molar-refractivity contribution >= 4 is 22.8 Å². The summed E-state index contributed by atoms with van der Waals surface area (Å²) >= 11 is 0. The van der Waals surface area contributed by atoms with E-state index in [0.717, 1.165) is 11.1 Å². The standard InChI is InChI=1S/C28H27N3O6/c1-3-36-25(32)18-37-22-12-9-19(10-13-22)16-29-26(33)21-11-14-24-23(15-21)27(34)31(28(35)30(24)2)17-20-7-5-4-6-8-20/h4-15H,3,16-18H2,1-2H3,(H,29,33). The van der Waals surface area contributed by atoms with Crippen molar-refractivity contribution in [3.63, 3.8) is 0 Å². The van der Waals surface area contributed by atoms with Crippen molar-refractivity contribution in [3.8, 4) is 5.75 Å². The molecule has 0 aliphatic carbocycles. The van der Waals surface area contributed by atoms with E-state index >= 15 is 0 Å². The van der Waals surface area contributed by atoms with Crippen LogP contribution in [-0.2, 0) is 29.7 Å². The Balaban J connectivity index is 1.48. The fraction of sp³-hybridized carbons (Fsp3) is 0.214. The average molecular weight is 502 g/mol. The van der Waals surface area contributed by atoms with E-state index in [-0.39, 0.29) is 31.0 Å². The number of amides is 1. The number of nitrogens with zero attached hydrogens (tertiary/aromatic N) is 2. The van der Waals surface area contributed by atoms with Crippen molar-refractivity contribution in [2.45, 2.75) is 20.0 Å². The first-order chi connectivity index (χ1) is 17.9. The number of rotatable bonds is 9. The summed E-state index contributed by atoms with van der Waals surface area (Å²) in [4.78, 5) is 50.3. The lowest BCUT2D eigenvalue weighted by atomic mass is 10.1. The minimum atomic E-state index is -0.449. The molecule has 0 unspecified atom stereocenters. The Morgan fingerprint density at radius 2 is 1.65 bits per heavy atom. The summed E-state index contributed by atoms with van der Waals surface area (Å²) in [6.07, 6.45) is 0. The smallest absolute Gasteiger partial charge is 0.344 e. The van der Waals surface area contributed by atoms with Crippen molar-refractivity contribution in [3.05, 3.63) is 110 Å². The molecule has 0 aliphatic rings. The number of esters is 1. The first-order valence-electron chi connectivity index (χ1n) is 11.8. The Morgan fingerprint density at radius 1 is 0.919 bits per heavy atom. The van der Waals surface area contributed by atoms with Crippen LogP contribution >= 0.6 is 0 Å². The second-order valence-electron chi connectivity index (χ2n) is 8.37. The molecule has 4 aromatic rings. The van der Waals surface area contributed by atoms with Gasteiger partial charge in [0, 0.05) is 19.2 Å². The molecule has 1 amide bonds. The summed E-state index contributed by atoms with van der Waals surface area (Å²) in [6, 6.07) is 20.9. The molecule has 0 bridgehead atoms. The number of carbonyl (C=O) groups excluding carboxylic acids is 2. The highest BCUT2D eigenvalue weighted by Gasteiger charge is 2.14. The second kappa shape index (κ2) is 11.4. The number of hydrogen-bond acceptors (Lipinski definition) is 6. The Bertz CT molecular complexity index is 1540. The zero-order chi connectivity index (χ0) is 26.4. The molecule has 4 rings (SSSR count). The summed E-state index contributed by atoms with van der Waals surface area (Å²) in [5, 5.41) is 3.12. The van der Waals surface area contributed by atoms with Crippen LogP contribution in [0.4, 0.5) is 0 Å². The van der Waals surface area contributed by atoms with Crippen LogP contribution in [0.5, 0.6) is 5.75 Å². The number of aromatic nitrogens is 2. The Hall–Kier alpha value is -4.66. The van der Waals surface area contributed by atoms with Crippen LogP contribution in [-0.4, -0.2) is 34.2 Å². The molecule has 0 atom stereocenters. The van der Waals surface area contributed by atoms with Crippen molar-refractivity contribution < 1.29 is 19.1 Å². The van der Waals surface area contributed by atoms with Crippen molar-refractivity contribution in [1.29, 1.82) is 0 Å². The highest BCUT2D eigenvalue weighted by molar-refractivity contribution is 5.97. The van der Waals surface area contributed by atoms with E-state index in [0.29, 0.717) is 23.4 Å². The van der Waals surface area contributed by atoms with Gasteiger partial charge < -0.3 is 14.8 Å². The summed E-state index contributed by atoms with van der Waals surface area (Å²) < 4.78 is 12.8. The molecule has 1 aromatic heterocycles. The molecular formula is C28H27N3O6. The van der Waals surface area contributed by atoms with Crippen LogP contribution < -0.4 is 21.3 Å². The molecule has 0 aliphatic heterocycles. The summed E-state index contributed by atoms with van der Waals surface area (Å²) in [7, 11) is 1.60. The van der Waals surface area contributed by atoms with E-state index < -0.39 is 17.2 Å². The van der Waals surface area contributed by atoms with Gasteiger partial charge in [-0.1, -0.05) is 42.5 Å². The van der Waals surface area contributed by atoms with Gasteiger partial charge in [-0.25, -0.2) is 9.59 Å². The van der Waals surface area contributed by atoms with Gasteiger partial charge in [-0.2, -0.15) is 0 Å². The van der Waals surface area contributed by atoms with Gasteiger partial charge in [0.15, 0.2) is 6.61 Å². The maximum Gasteiger partial charge on any atom is 0.344 e. The Labute approximate surface area is 212 Å². The lowest BCUT2D eigenvalue weighted by Gasteiger charge is -2.12. The number of ether oxygens (including phenoxy) is 2. The molecule has 0 saturated carbocycles. The topological polar surface area (TPSA) is 109 Å². The van der Waals surface area contributed by atoms with Gasteiger partial charge in [-0.15, -0.1) is 0 Å². The summed E-state index contributed by atoms with van der Waals surface area (Å²) in [5.74, 6) is -0.288. The van der Waals surface area contributed by atoms with Crippen LogP contribution in [0.2, 0.25) is 0 Å². The van der Waals surface area contributed by atoms with Gasteiger partial charge >= 0.3 is 11.7 Å². The third kappa shape index (κ3) is 5.95. The highest BCUT2D eigenvalue weighted by Crippen LogP contribution is 2.14. The van der Waals surface area contributed by atoms with Crippen LogP contribution in [0.15, 0.2) is 82.4 Å². The zero-order valence-corrected chi connectivity index (χ0v) is 20.6. The van der Waals surface area contributed by atoms with E-state index in [1.807, 2.05) is 30.3 Å². The third-order valence-electron chi connectivity index (χ3n) is 5.84. The fourth-order valence-electron chi connectivity index (χ4n) is 3.90. The molecule has 0 spiro atoms. The quantitative estimate of drug-likeness (QED) is 0.353. The maximum absolute atomic E-state index is 13.2. The molecule has 0 saturated heterocycles. The molecule has 190 valence electrons. The fourth-order valence-corrected chi connectivity index (χ4v) is 3.90. The van der Waals surface area contributed by atoms with Gasteiger partial charge in [-0.3, -0.25) is 18.7 Å². The SMILES string of the molecule is CCOC(=O)COc1ccc(CNC(=O)c2ccc3c(c2)c(=O)n(Cc2ccccc2)c(=O)n3C)cc1. The number of benzene rings is 3. The normalized spacial score (nSPS) is 10.8. The number of fused-ring (bicyclic) bond motifs is 1. The summed E-state index contributed by atoms with van der Waals surface area (Å²) in [6.45, 7) is 2.23. The van der Waals surface area contributed by atoms with E-state index in [1.165, 1.54) is 15.2 Å². The molecule has 1 N–H and O–H groups in total. The monoisotopic (exact) mass is 501 g/mol. The number of aryl methyl sites for hydroxylation is 1. The highest BCUT2D eigenvalue weighted by atomic mass is 16.6. The summed E-state index contributed by atoms with van der Waals surface area (Å²) in [5.41, 5.74) is 1.54. The van der Waals surface area contributed by atoms with Crippen LogP contribution in [0.3, 0.4) is 0 Å². The van der Waals surface area contributed by atoms with Crippen molar-refractivity contribution in [2.75, 3.05) is 13.2 Å². The molecule has 9 nitrogen and oxygen atoms in total. The molecular weight excluding hydrogens is 474 g/mol. The lowest BCUT2D eigenvalue weighted by molar-refractivity contribution is -0.145. The lowest BCUT2D eigenvalue weighted by Crippen LogP contribution is -2.39. The number of nitrogens with one attached hydrogen (secondary N) is 1. The van der Waals surface area contributed by atoms with Gasteiger partial charge in [0.1, 0.15) is 5.75 Å². The minimum absolute atomic E-state index is 0.137. The molecule has 37 heavy (non-hydrogen) atoms. The zero-order valence-electron chi connectivity index (χ0n) is 20.6. The molecule has 0 radical (unpaired) electrons. The Morgan fingerprint density at radius 3 is 2.35 bits per heavy atom. The van der Waals surface area contributed by atoms with E-state index in [1.54, 1.807) is 50.4 Å². The molecule has 9 heteroatoms. The number of hydrogen-bond donors (Lipinski definition) is 1. The minimum Gasteiger partial charge on any atom is -0.482 e. The molecule has 3 aromatic carbocycles. The van der Waals surface area contributed by atoms with Gasteiger partial charge in [0.05, 0.1) is 24.1 Å². The predicted molar refractivity (Wildman–Crippen MR) is 139 cm³/mol. The largest absolute Gasteiger partial charge is 0.482 e. The maximum atomic E-state index is 13.2. The first-order valence-corrected chi connectivity index (χ1v) is 11.8. The third-order valence-corrected chi connectivity index (χ3v) is 5.84. The molecule has 0 fully saturated rings. The van der Waals surface area contributed by atoms with Crippen molar-refractivity contribution in [2.24, 2.45) is 7.05 Å². The first kappa shape index (κ1) is 25.4. The molecule has 1 heterocycles. The second-order valence-corrected chi connectivity index (χ2v) is 8.37. The van der Waals surface area contributed by atoms with Gasteiger partial charge in [0.2, 0.25) is 0 Å². The Kier molecular flexibility index (Phi) is 7.83. The average Bonchev–Trinajstić information content (AvgIpc) is 2.92. The van der Waals surface area contributed by atoms with Crippen molar-refractivity contribution in [1.82, 2.24) is 14.5 Å². The van der Waals surface area contributed by atoms with Crippen LogP contribution in [0.1, 0.15) is 28.4 Å². The van der Waals surface area contributed by atoms with E-state index in [2.05, 4.69) is 5.32 Å². The van der Waals surface area contributed by atoms with E-state index in [9.17, 15) is 19.2 Å². The van der Waals surface area contributed by atoms with Gasteiger partial charge in [-0.05, 0) is 48.4 Å². The van der Waals surface area contributed by atoms with Crippen LogP contribution in [0.25, 0.3) is 10.9 Å². The van der Waals surface area contributed by atoms with E-state index in [4.69, 9.17) is 9.47 Å². The van der Waals surface area contributed by atoms with Crippen LogP contribution in [0, 0.1) is 0 Å².